The van der Waals surface area contributed by atoms with Crippen LogP contribution in [0.1, 0.15) is 12.8 Å². The van der Waals surface area contributed by atoms with Crippen LogP contribution in [0.5, 0.6) is 0 Å². The average Bonchev–Trinajstić information content (AvgIpc) is 2.45. The molecule has 0 atom stereocenters. The largest absolute Gasteiger partial charge is 0.295 e. The molecule has 8 heavy (non-hydrogen) atoms. The maximum Gasteiger partial charge on any atom is 0.158 e. The normalized spacial score (nSPS) is 19.6. The molecule has 1 nitrogen and oxygen atoms in total. The van der Waals surface area contributed by atoms with Gasteiger partial charge in [0.1, 0.15) is 0 Å². The van der Waals surface area contributed by atoms with E-state index in [2.05, 4.69) is 6.92 Å². The highest BCUT2D eigenvalue weighted by atomic mass is 16.1. The second-order valence-corrected chi connectivity index (χ2v) is 2.08. The Morgan fingerprint density at radius 1 is 1.62 bits per heavy atom. The van der Waals surface area contributed by atoms with Gasteiger partial charge in [0.2, 0.25) is 0 Å². The van der Waals surface area contributed by atoms with Crippen molar-refractivity contribution in [3.05, 3.63) is 19.1 Å². The lowest BCUT2D eigenvalue weighted by Crippen LogP contribution is -1.92. The van der Waals surface area contributed by atoms with Crippen LogP contribution in [0.4, 0.5) is 0 Å². The zero-order valence-corrected chi connectivity index (χ0v) is 4.76. The molecule has 0 spiro atoms. The molecule has 0 aliphatic heterocycles. The van der Waals surface area contributed by atoms with Gasteiger partial charge in [0.15, 0.2) is 5.78 Å². The van der Waals surface area contributed by atoms with Crippen LogP contribution in [-0.2, 0) is 4.79 Å². The first-order chi connectivity index (χ1) is 3.84. The predicted molar refractivity (Wildman–Crippen MR) is 32.2 cm³/mol. The maximum absolute atomic E-state index is 10.7. The summed E-state index contributed by atoms with van der Waals surface area (Å²) in [5.74, 6) is 0.605. The first-order valence-corrected chi connectivity index (χ1v) is 2.84. The Kier molecular flexibility index (Phi) is 1.47. The molecule has 1 saturated carbocycles. The summed E-state index contributed by atoms with van der Waals surface area (Å²) in [6, 6.07) is 0. The van der Waals surface area contributed by atoms with E-state index < -0.39 is 0 Å². The zero-order valence-electron chi connectivity index (χ0n) is 4.76. The molecule has 0 N–H and O–H groups in total. The van der Waals surface area contributed by atoms with Gasteiger partial charge in [0, 0.05) is 5.92 Å². The predicted octanol–water partition coefficient (Wildman–Crippen LogP) is 1.36. The van der Waals surface area contributed by atoms with Crippen LogP contribution in [-0.4, -0.2) is 5.78 Å². The van der Waals surface area contributed by atoms with Crippen LogP contribution in [0, 0.1) is 12.8 Å². The standard InChI is InChI=1S/C7H9O/c1-2-3-7(8)6-4-5-6/h2-3,6H,1,4-5H2. The molecule has 0 aromatic heterocycles. The highest BCUT2D eigenvalue weighted by Gasteiger charge is 2.26. The quantitative estimate of drug-likeness (QED) is 0.489. The fraction of sp³-hybridized carbons (Fsp3) is 0.429. The summed E-state index contributed by atoms with van der Waals surface area (Å²) in [6.07, 6.45) is 5.28. The molecule has 0 saturated heterocycles. The highest BCUT2D eigenvalue weighted by Crippen LogP contribution is 2.29. The van der Waals surface area contributed by atoms with Crippen molar-refractivity contribution in [3.8, 4) is 0 Å². The fourth-order valence-corrected chi connectivity index (χ4v) is 0.620. The van der Waals surface area contributed by atoms with Gasteiger partial charge in [-0.25, -0.2) is 0 Å². The van der Waals surface area contributed by atoms with E-state index in [9.17, 15) is 4.79 Å². The minimum Gasteiger partial charge on any atom is -0.295 e. The topological polar surface area (TPSA) is 17.1 Å². The van der Waals surface area contributed by atoms with Crippen molar-refractivity contribution in [2.75, 3.05) is 0 Å². The highest BCUT2D eigenvalue weighted by molar-refractivity contribution is 5.93. The van der Waals surface area contributed by atoms with E-state index in [4.69, 9.17) is 0 Å². The van der Waals surface area contributed by atoms with Gasteiger partial charge in [0.05, 0.1) is 0 Å². The Hall–Kier alpha value is -0.590. The van der Waals surface area contributed by atoms with Gasteiger partial charge in [0.25, 0.3) is 0 Å². The van der Waals surface area contributed by atoms with Gasteiger partial charge < -0.3 is 0 Å². The number of rotatable bonds is 2. The van der Waals surface area contributed by atoms with E-state index in [1.807, 2.05) is 0 Å². The third kappa shape index (κ3) is 1.19. The number of ketones is 1. The molecule has 43 valence electrons. The summed E-state index contributed by atoms with van der Waals surface area (Å²) in [4.78, 5) is 10.7. The lowest BCUT2D eigenvalue weighted by Gasteiger charge is -1.81. The molecule has 1 heteroatoms. The molecule has 0 heterocycles. The van der Waals surface area contributed by atoms with Gasteiger partial charge in [-0.3, -0.25) is 4.79 Å². The van der Waals surface area contributed by atoms with E-state index in [-0.39, 0.29) is 5.78 Å². The van der Waals surface area contributed by atoms with Crippen LogP contribution < -0.4 is 0 Å². The molecule has 1 aliphatic rings. The molecular formula is C7H9O. The Morgan fingerprint density at radius 3 is 2.62 bits per heavy atom. The van der Waals surface area contributed by atoms with Crippen molar-refractivity contribution in [2.45, 2.75) is 12.8 Å². The number of carbonyl (C=O) groups is 1. The monoisotopic (exact) mass is 109 g/mol. The van der Waals surface area contributed by atoms with E-state index in [0.717, 1.165) is 12.8 Å². The summed E-state index contributed by atoms with van der Waals surface area (Å²) in [5.41, 5.74) is 0. The van der Waals surface area contributed by atoms with Crippen molar-refractivity contribution < 1.29 is 4.79 Å². The Balaban J connectivity index is 2.33. The minimum absolute atomic E-state index is 0.250. The van der Waals surface area contributed by atoms with Crippen molar-refractivity contribution >= 4 is 5.78 Å². The van der Waals surface area contributed by atoms with Crippen molar-refractivity contribution in [1.29, 1.82) is 0 Å². The molecule has 0 bridgehead atoms. The number of hydrogen-bond donors (Lipinski definition) is 0. The van der Waals surface area contributed by atoms with Crippen LogP contribution >= 0.6 is 0 Å². The van der Waals surface area contributed by atoms with Crippen LogP contribution in [0.25, 0.3) is 0 Å². The second kappa shape index (κ2) is 2.12. The van der Waals surface area contributed by atoms with Crippen molar-refractivity contribution in [3.63, 3.8) is 0 Å². The molecule has 0 aromatic carbocycles. The first kappa shape index (κ1) is 5.54. The molecular weight excluding hydrogens is 100 g/mol. The molecule has 1 rings (SSSR count). The summed E-state index contributed by atoms with van der Waals surface area (Å²) in [5, 5.41) is 0. The van der Waals surface area contributed by atoms with Gasteiger partial charge in [-0.2, -0.15) is 0 Å². The molecule has 0 unspecified atom stereocenters. The summed E-state index contributed by atoms with van der Waals surface area (Å²) >= 11 is 0. The van der Waals surface area contributed by atoms with E-state index in [0.29, 0.717) is 5.92 Å². The Labute approximate surface area is 49.4 Å². The Bertz CT molecular complexity index is 120. The van der Waals surface area contributed by atoms with Crippen LogP contribution in [0.15, 0.2) is 12.2 Å². The lowest BCUT2D eigenvalue weighted by molar-refractivity contribution is -0.115. The molecule has 1 fully saturated rings. The number of hydrogen-bond acceptors (Lipinski definition) is 1. The maximum atomic E-state index is 10.7. The number of carbonyl (C=O) groups excluding carboxylic acids is 1. The average molecular weight is 109 g/mol. The van der Waals surface area contributed by atoms with Gasteiger partial charge in [-0.05, 0) is 25.8 Å². The van der Waals surface area contributed by atoms with E-state index in [1.54, 1.807) is 12.2 Å². The van der Waals surface area contributed by atoms with Crippen LogP contribution in [0.2, 0.25) is 0 Å². The third-order valence-electron chi connectivity index (χ3n) is 1.26. The zero-order chi connectivity index (χ0) is 5.98. The summed E-state index contributed by atoms with van der Waals surface area (Å²) in [7, 11) is 0. The van der Waals surface area contributed by atoms with Crippen molar-refractivity contribution in [2.24, 2.45) is 5.92 Å². The smallest absolute Gasteiger partial charge is 0.158 e. The van der Waals surface area contributed by atoms with Gasteiger partial charge in [-0.15, -0.1) is 0 Å². The van der Waals surface area contributed by atoms with Gasteiger partial charge in [-0.1, -0.05) is 6.08 Å². The van der Waals surface area contributed by atoms with Crippen molar-refractivity contribution in [1.82, 2.24) is 0 Å². The SMILES string of the molecule is [CH2]C=CC(=O)C1CC1. The Morgan fingerprint density at radius 2 is 2.25 bits per heavy atom. The minimum atomic E-state index is 0.250. The summed E-state index contributed by atoms with van der Waals surface area (Å²) < 4.78 is 0. The van der Waals surface area contributed by atoms with Crippen LogP contribution in [0.3, 0.4) is 0 Å². The van der Waals surface area contributed by atoms with E-state index in [1.165, 1.54) is 0 Å². The second-order valence-electron chi connectivity index (χ2n) is 2.08. The molecule has 1 radical (unpaired) electrons. The summed E-state index contributed by atoms with van der Waals surface area (Å²) in [6.45, 7) is 3.43. The fourth-order valence-electron chi connectivity index (χ4n) is 0.620. The first-order valence-electron chi connectivity index (χ1n) is 2.84. The lowest BCUT2D eigenvalue weighted by atomic mass is 10.2. The van der Waals surface area contributed by atoms with E-state index >= 15 is 0 Å². The third-order valence-corrected chi connectivity index (χ3v) is 1.26. The molecule has 0 amide bonds. The molecule has 1 aliphatic carbocycles. The molecule has 0 aromatic rings. The van der Waals surface area contributed by atoms with Gasteiger partial charge >= 0.3 is 0 Å². The number of allylic oxidation sites excluding steroid dienone is 2.